The third-order valence-electron chi connectivity index (χ3n) is 2.05. The van der Waals surface area contributed by atoms with Crippen molar-refractivity contribution in [2.75, 3.05) is 7.11 Å². The van der Waals surface area contributed by atoms with E-state index in [0.717, 1.165) is 5.56 Å². The summed E-state index contributed by atoms with van der Waals surface area (Å²) in [6.07, 6.45) is 1.50. The molecule has 0 spiro atoms. The normalized spacial score (nSPS) is 10.1. The number of ether oxygens (including phenoxy) is 1. The van der Waals surface area contributed by atoms with E-state index in [1.807, 2.05) is 0 Å². The van der Waals surface area contributed by atoms with Crippen LogP contribution in [0.3, 0.4) is 0 Å². The number of halogens is 1. The number of methoxy groups -OCH3 is 1. The number of aromatic nitrogens is 1. The zero-order chi connectivity index (χ0) is 11.5. The van der Waals surface area contributed by atoms with Crippen LogP contribution < -0.4 is 0 Å². The number of rotatable bonds is 2. The Balaban J connectivity index is 2.39. The predicted molar refractivity (Wildman–Crippen MR) is 58.3 cm³/mol. The molecule has 1 aromatic heterocycles. The third-order valence-corrected chi connectivity index (χ3v) is 2.22. The standard InChI is InChI=1S/C11H8ClNO3/c1-15-10(14)8-4-2-3-7(5-8)9-6-13-11(12)16-9/h2-6H,1H3. The van der Waals surface area contributed by atoms with Gasteiger partial charge in [-0.2, -0.15) is 0 Å². The molecule has 82 valence electrons. The van der Waals surface area contributed by atoms with Crippen molar-refractivity contribution in [3.63, 3.8) is 0 Å². The lowest BCUT2D eigenvalue weighted by molar-refractivity contribution is 0.0601. The van der Waals surface area contributed by atoms with E-state index in [1.165, 1.54) is 13.3 Å². The molecule has 0 unspecified atom stereocenters. The largest absolute Gasteiger partial charge is 0.465 e. The molecule has 0 saturated carbocycles. The van der Waals surface area contributed by atoms with Gasteiger partial charge in [0.1, 0.15) is 0 Å². The van der Waals surface area contributed by atoms with Gasteiger partial charge in [0.25, 0.3) is 5.35 Å². The van der Waals surface area contributed by atoms with Gasteiger partial charge in [-0.3, -0.25) is 0 Å². The third kappa shape index (κ3) is 2.06. The first kappa shape index (κ1) is 10.7. The maximum atomic E-state index is 11.3. The van der Waals surface area contributed by atoms with Crippen LogP contribution in [0.25, 0.3) is 11.3 Å². The molecule has 5 heteroatoms. The monoisotopic (exact) mass is 237 g/mol. The molecule has 0 amide bonds. The molecule has 4 nitrogen and oxygen atoms in total. The summed E-state index contributed by atoms with van der Waals surface area (Å²) in [6.45, 7) is 0. The molecule has 0 atom stereocenters. The van der Waals surface area contributed by atoms with Crippen LogP contribution in [0, 0.1) is 0 Å². The Morgan fingerprint density at radius 3 is 2.94 bits per heavy atom. The Labute approximate surface area is 96.8 Å². The van der Waals surface area contributed by atoms with E-state index in [-0.39, 0.29) is 5.35 Å². The van der Waals surface area contributed by atoms with Crippen LogP contribution in [0.1, 0.15) is 10.4 Å². The first-order valence-electron chi connectivity index (χ1n) is 4.51. The van der Waals surface area contributed by atoms with Gasteiger partial charge in [0.15, 0.2) is 5.76 Å². The van der Waals surface area contributed by atoms with Crippen LogP contribution in [0.2, 0.25) is 5.35 Å². The average Bonchev–Trinajstić information content (AvgIpc) is 2.75. The molecule has 0 aliphatic heterocycles. The molecule has 0 aliphatic carbocycles. The average molecular weight is 238 g/mol. The second-order valence-corrected chi connectivity index (χ2v) is 3.37. The van der Waals surface area contributed by atoms with Crippen molar-refractivity contribution >= 4 is 17.6 Å². The molecule has 2 rings (SSSR count). The number of benzene rings is 1. The van der Waals surface area contributed by atoms with E-state index in [1.54, 1.807) is 24.3 Å². The van der Waals surface area contributed by atoms with Gasteiger partial charge in [0, 0.05) is 5.56 Å². The van der Waals surface area contributed by atoms with E-state index in [2.05, 4.69) is 9.72 Å². The first-order valence-corrected chi connectivity index (χ1v) is 4.88. The summed E-state index contributed by atoms with van der Waals surface area (Å²) in [6, 6.07) is 6.84. The van der Waals surface area contributed by atoms with Crippen LogP contribution >= 0.6 is 11.6 Å². The van der Waals surface area contributed by atoms with Crippen LogP contribution in [0.5, 0.6) is 0 Å². The van der Waals surface area contributed by atoms with Gasteiger partial charge in [-0.25, -0.2) is 9.78 Å². The van der Waals surface area contributed by atoms with E-state index in [4.69, 9.17) is 16.0 Å². The summed E-state index contributed by atoms with van der Waals surface area (Å²) in [7, 11) is 1.33. The predicted octanol–water partition coefficient (Wildman–Crippen LogP) is 2.78. The summed E-state index contributed by atoms with van der Waals surface area (Å²) in [5, 5.41) is 0.0680. The molecule has 0 bridgehead atoms. The molecule has 0 radical (unpaired) electrons. The lowest BCUT2D eigenvalue weighted by atomic mass is 10.1. The van der Waals surface area contributed by atoms with Gasteiger partial charge in [0.2, 0.25) is 0 Å². The summed E-state index contributed by atoms with van der Waals surface area (Å²) in [4.78, 5) is 15.1. The smallest absolute Gasteiger partial charge is 0.337 e. The summed E-state index contributed by atoms with van der Waals surface area (Å²) >= 11 is 5.57. The van der Waals surface area contributed by atoms with Crippen LogP contribution in [0.4, 0.5) is 0 Å². The molecular formula is C11H8ClNO3. The van der Waals surface area contributed by atoms with Crippen molar-refractivity contribution in [2.24, 2.45) is 0 Å². The Bertz CT molecular complexity index is 521. The molecular weight excluding hydrogens is 230 g/mol. The van der Waals surface area contributed by atoms with Crippen LogP contribution in [0.15, 0.2) is 34.9 Å². The number of esters is 1. The minimum Gasteiger partial charge on any atom is -0.465 e. The molecule has 0 N–H and O–H groups in total. The van der Waals surface area contributed by atoms with Gasteiger partial charge in [-0.1, -0.05) is 12.1 Å². The minimum atomic E-state index is -0.396. The number of carbonyl (C=O) groups excluding carboxylic acids is 1. The van der Waals surface area contributed by atoms with Gasteiger partial charge < -0.3 is 9.15 Å². The second-order valence-electron chi connectivity index (χ2n) is 3.05. The zero-order valence-corrected chi connectivity index (χ0v) is 9.19. The maximum Gasteiger partial charge on any atom is 0.337 e. The Morgan fingerprint density at radius 1 is 1.50 bits per heavy atom. The number of carbonyl (C=O) groups is 1. The fourth-order valence-corrected chi connectivity index (χ4v) is 1.44. The van der Waals surface area contributed by atoms with Crippen molar-refractivity contribution in [2.45, 2.75) is 0 Å². The van der Waals surface area contributed by atoms with Crippen LogP contribution in [-0.2, 0) is 4.74 Å². The fourth-order valence-electron chi connectivity index (χ4n) is 1.30. The lowest BCUT2D eigenvalue weighted by Crippen LogP contribution is -2.00. The van der Waals surface area contributed by atoms with Gasteiger partial charge in [0.05, 0.1) is 18.9 Å². The maximum absolute atomic E-state index is 11.3. The number of oxazole rings is 1. The highest BCUT2D eigenvalue weighted by atomic mass is 35.5. The molecule has 0 saturated heterocycles. The van der Waals surface area contributed by atoms with Crippen molar-refractivity contribution in [1.29, 1.82) is 0 Å². The number of hydrogen-bond acceptors (Lipinski definition) is 4. The highest BCUT2D eigenvalue weighted by Crippen LogP contribution is 2.23. The summed E-state index contributed by atoms with van der Waals surface area (Å²) in [5.74, 6) is 0.114. The quantitative estimate of drug-likeness (QED) is 0.754. The molecule has 0 aliphatic rings. The van der Waals surface area contributed by atoms with Crippen molar-refractivity contribution in [3.8, 4) is 11.3 Å². The highest BCUT2D eigenvalue weighted by molar-refractivity contribution is 6.27. The Kier molecular flexibility index (Phi) is 2.92. The van der Waals surface area contributed by atoms with Gasteiger partial charge in [-0.15, -0.1) is 0 Å². The van der Waals surface area contributed by atoms with Gasteiger partial charge >= 0.3 is 5.97 Å². The van der Waals surface area contributed by atoms with Crippen molar-refractivity contribution < 1.29 is 13.9 Å². The molecule has 16 heavy (non-hydrogen) atoms. The van der Waals surface area contributed by atoms with E-state index in [0.29, 0.717) is 11.3 Å². The van der Waals surface area contributed by atoms with E-state index in [9.17, 15) is 4.79 Å². The first-order chi connectivity index (χ1) is 7.70. The van der Waals surface area contributed by atoms with E-state index >= 15 is 0 Å². The Morgan fingerprint density at radius 2 is 2.31 bits per heavy atom. The number of hydrogen-bond donors (Lipinski definition) is 0. The lowest BCUT2D eigenvalue weighted by Gasteiger charge is -2.00. The van der Waals surface area contributed by atoms with Crippen molar-refractivity contribution in [3.05, 3.63) is 41.4 Å². The molecule has 0 fully saturated rings. The molecule has 1 aromatic carbocycles. The highest BCUT2D eigenvalue weighted by Gasteiger charge is 2.09. The van der Waals surface area contributed by atoms with Crippen LogP contribution in [-0.4, -0.2) is 18.1 Å². The SMILES string of the molecule is COC(=O)c1cccc(-c2cnc(Cl)o2)c1. The second kappa shape index (κ2) is 4.37. The van der Waals surface area contributed by atoms with E-state index < -0.39 is 5.97 Å². The van der Waals surface area contributed by atoms with Gasteiger partial charge in [-0.05, 0) is 23.7 Å². The fraction of sp³-hybridized carbons (Fsp3) is 0.0909. The number of nitrogens with zero attached hydrogens (tertiary/aromatic N) is 1. The topological polar surface area (TPSA) is 52.3 Å². The summed E-state index contributed by atoms with van der Waals surface area (Å²) < 4.78 is 9.76. The van der Waals surface area contributed by atoms with Crippen molar-refractivity contribution in [1.82, 2.24) is 4.98 Å². The minimum absolute atomic E-state index is 0.0680. The molecule has 2 aromatic rings. The zero-order valence-electron chi connectivity index (χ0n) is 8.44. The molecule has 1 heterocycles. The Hall–Kier alpha value is -1.81. The summed E-state index contributed by atoms with van der Waals surface area (Å²) in [5.41, 5.74) is 1.18.